The number of carbonyl (C=O) groups excluding carboxylic acids is 2. The van der Waals surface area contributed by atoms with E-state index in [4.69, 9.17) is 4.74 Å². The Labute approximate surface area is 171 Å². The summed E-state index contributed by atoms with van der Waals surface area (Å²) in [4.78, 5) is 25.3. The molecule has 142 valence electrons. The molecular weight excluding hydrogens is 415 g/mol. The number of hydrogen-bond acceptors (Lipinski definition) is 3. The van der Waals surface area contributed by atoms with Gasteiger partial charge in [-0.3, -0.25) is 0 Å². The molecule has 0 amide bonds. The fourth-order valence-corrected chi connectivity index (χ4v) is 5.65. The first-order valence-corrected chi connectivity index (χ1v) is 11.0. The number of ether oxygens (including phenoxy) is 1. The molecule has 0 saturated heterocycles. The third-order valence-electron chi connectivity index (χ3n) is 4.53. The van der Waals surface area contributed by atoms with Crippen LogP contribution in [0.25, 0.3) is 0 Å². The number of methoxy groups -OCH3 is 1. The van der Waals surface area contributed by atoms with E-state index in [1.54, 1.807) is 0 Å². The Morgan fingerprint density at radius 2 is 1.36 bits per heavy atom. The van der Waals surface area contributed by atoms with Crippen LogP contribution in [0.4, 0.5) is 0 Å². The van der Waals surface area contributed by atoms with E-state index in [-0.39, 0.29) is 43.9 Å². The molecule has 0 N–H and O–H groups in total. The molecule has 3 aromatic carbocycles. The van der Waals surface area contributed by atoms with Crippen LogP contribution in [-0.4, -0.2) is 33.8 Å². The summed E-state index contributed by atoms with van der Waals surface area (Å²) in [5.74, 6) is -0.465. The Morgan fingerprint density at radius 1 is 0.821 bits per heavy atom. The van der Waals surface area contributed by atoms with Gasteiger partial charge in [0.25, 0.3) is 0 Å². The van der Waals surface area contributed by atoms with Gasteiger partial charge in [0.1, 0.15) is 0 Å². The Morgan fingerprint density at radius 3 is 1.93 bits per heavy atom. The zero-order valence-electron chi connectivity index (χ0n) is 15.7. The van der Waals surface area contributed by atoms with E-state index in [1.807, 2.05) is 91.0 Å². The maximum atomic E-state index is 13.0. The van der Waals surface area contributed by atoms with Gasteiger partial charge in [-0.15, -0.1) is 0 Å². The Balaban J connectivity index is 1.95. The molecule has 0 saturated carbocycles. The van der Waals surface area contributed by atoms with Crippen molar-refractivity contribution >= 4 is 31.2 Å². The molecule has 3 rings (SSSR count). The molecule has 0 unspecified atom stereocenters. The minimum absolute atomic E-state index is 0.0345. The van der Waals surface area contributed by atoms with Crippen molar-refractivity contribution < 1.29 is 14.3 Å². The summed E-state index contributed by atoms with van der Waals surface area (Å²) in [7, 11) is 1.41. The molecule has 0 radical (unpaired) electrons. The van der Waals surface area contributed by atoms with Gasteiger partial charge in [0.2, 0.25) is 0 Å². The molecule has 3 nitrogen and oxygen atoms in total. The number of hydrogen-bond donors (Lipinski definition) is 0. The van der Waals surface area contributed by atoms with Crippen LogP contribution in [0.3, 0.4) is 0 Å². The standard InChI is InChI=1S/C24H22O3Se/c1-27-24(26)23(28-20-15-9-4-10-16-20)21(18-11-5-2-6-12-18)17-22(25)19-13-7-3-8-14-19/h2-16,21,23H,17H2,1H3/t21-,23-/m1/s1. The minimum atomic E-state index is -0.380. The maximum absolute atomic E-state index is 13.0. The van der Waals surface area contributed by atoms with E-state index in [2.05, 4.69) is 0 Å². The Kier molecular flexibility index (Phi) is 7.18. The van der Waals surface area contributed by atoms with Crippen LogP contribution in [0.15, 0.2) is 91.0 Å². The summed E-state index contributed by atoms with van der Waals surface area (Å²) in [6.45, 7) is 0. The molecule has 0 aromatic heterocycles. The second-order valence-electron chi connectivity index (χ2n) is 6.39. The molecule has 0 aliphatic rings. The molecule has 0 heterocycles. The summed E-state index contributed by atoms with van der Waals surface area (Å²) in [6, 6.07) is 29.0. The van der Waals surface area contributed by atoms with Gasteiger partial charge in [-0.25, -0.2) is 0 Å². The number of rotatable bonds is 8. The monoisotopic (exact) mass is 438 g/mol. The molecule has 0 bridgehead atoms. The first kappa shape index (κ1) is 20.1. The second-order valence-corrected chi connectivity index (χ2v) is 8.93. The first-order valence-electron chi connectivity index (χ1n) is 9.11. The van der Waals surface area contributed by atoms with Crippen LogP contribution in [0.1, 0.15) is 28.3 Å². The van der Waals surface area contributed by atoms with Gasteiger partial charge < -0.3 is 0 Å². The van der Waals surface area contributed by atoms with Gasteiger partial charge in [0, 0.05) is 0 Å². The molecule has 0 aliphatic carbocycles. The van der Waals surface area contributed by atoms with Crippen LogP contribution in [0, 0.1) is 0 Å². The Hall–Kier alpha value is -2.68. The van der Waals surface area contributed by atoms with Crippen molar-refractivity contribution in [2.24, 2.45) is 0 Å². The molecule has 0 fully saturated rings. The number of Topliss-reactive ketones (excluding diaryl/α,β-unsaturated/α-hetero) is 1. The van der Waals surface area contributed by atoms with E-state index < -0.39 is 0 Å². The average Bonchev–Trinajstić information content (AvgIpc) is 2.77. The van der Waals surface area contributed by atoms with Crippen LogP contribution >= 0.6 is 0 Å². The van der Waals surface area contributed by atoms with Gasteiger partial charge in [-0.2, -0.15) is 0 Å². The molecule has 2 atom stereocenters. The summed E-state index contributed by atoms with van der Waals surface area (Å²) >= 11 is -0.161. The van der Waals surface area contributed by atoms with Crippen molar-refractivity contribution in [3.8, 4) is 0 Å². The fourth-order valence-electron chi connectivity index (χ4n) is 3.10. The summed E-state index contributed by atoms with van der Waals surface area (Å²) < 4.78 is 6.25. The third-order valence-corrected chi connectivity index (χ3v) is 7.30. The molecule has 4 heteroatoms. The molecule has 0 spiro atoms. The SMILES string of the molecule is COC(=O)[C@H]([Se]c1ccccc1)[C@H](CC(=O)c1ccccc1)c1ccccc1. The van der Waals surface area contributed by atoms with Crippen molar-refractivity contribution in [3.63, 3.8) is 0 Å². The van der Waals surface area contributed by atoms with E-state index in [0.29, 0.717) is 5.56 Å². The molecular formula is C24H22O3Se. The summed E-state index contributed by atoms with van der Waals surface area (Å²) in [5.41, 5.74) is 1.65. The summed E-state index contributed by atoms with van der Waals surface area (Å²) in [5, 5.41) is 0. The quantitative estimate of drug-likeness (QED) is 0.304. The van der Waals surface area contributed by atoms with E-state index in [1.165, 1.54) is 7.11 Å². The summed E-state index contributed by atoms with van der Waals surface area (Å²) in [6.07, 6.45) is 0.266. The molecule has 3 aromatic rings. The first-order chi connectivity index (χ1) is 13.7. The molecule has 0 aliphatic heterocycles. The van der Waals surface area contributed by atoms with Crippen molar-refractivity contribution in [2.45, 2.75) is 17.2 Å². The van der Waals surface area contributed by atoms with Crippen molar-refractivity contribution in [1.29, 1.82) is 0 Å². The van der Waals surface area contributed by atoms with Crippen LogP contribution < -0.4 is 4.46 Å². The van der Waals surface area contributed by atoms with Crippen molar-refractivity contribution in [2.75, 3.05) is 7.11 Å². The van der Waals surface area contributed by atoms with Crippen LogP contribution in [0.5, 0.6) is 0 Å². The number of esters is 1. The number of benzene rings is 3. The zero-order valence-corrected chi connectivity index (χ0v) is 17.4. The Bertz CT molecular complexity index is 895. The third kappa shape index (κ3) is 5.19. The van der Waals surface area contributed by atoms with Gasteiger partial charge in [-0.1, -0.05) is 0 Å². The fraction of sp³-hybridized carbons (Fsp3) is 0.167. The van der Waals surface area contributed by atoms with Gasteiger partial charge >= 0.3 is 172 Å². The van der Waals surface area contributed by atoms with Gasteiger partial charge in [0.05, 0.1) is 0 Å². The van der Waals surface area contributed by atoms with Crippen molar-refractivity contribution in [3.05, 3.63) is 102 Å². The van der Waals surface area contributed by atoms with E-state index in [0.717, 1.165) is 10.0 Å². The van der Waals surface area contributed by atoms with Crippen LogP contribution in [-0.2, 0) is 9.53 Å². The van der Waals surface area contributed by atoms with E-state index in [9.17, 15) is 9.59 Å². The van der Waals surface area contributed by atoms with Crippen LogP contribution in [0.2, 0.25) is 4.82 Å². The zero-order chi connectivity index (χ0) is 19.8. The number of ketones is 1. The normalized spacial score (nSPS) is 12.8. The predicted octanol–water partition coefficient (Wildman–Crippen LogP) is 4.03. The van der Waals surface area contributed by atoms with Gasteiger partial charge in [-0.05, 0) is 0 Å². The predicted molar refractivity (Wildman–Crippen MR) is 112 cm³/mol. The van der Waals surface area contributed by atoms with E-state index >= 15 is 0 Å². The average molecular weight is 437 g/mol. The van der Waals surface area contributed by atoms with Gasteiger partial charge in [0.15, 0.2) is 0 Å². The van der Waals surface area contributed by atoms with Crippen molar-refractivity contribution in [1.82, 2.24) is 0 Å². The topological polar surface area (TPSA) is 43.4 Å². The number of carbonyl (C=O) groups is 2. The second kappa shape index (κ2) is 10.0. The molecule has 28 heavy (non-hydrogen) atoms.